The fourth-order valence-electron chi connectivity index (χ4n) is 10.2. The van der Waals surface area contributed by atoms with Crippen LogP contribution in [0.4, 0.5) is 0 Å². The molecule has 0 saturated heterocycles. The van der Waals surface area contributed by atoms with E-state index in [2.05, 4.69) is 215 Å². The summed E-state index contributed by atoms with van der Waals surface area (Å²) in [4.78, 5) is 11.7. The number of benzene rings is 10. The molecule has 0 amide bonds. The van der Waals surface area contributed by atoms with Gasteiger partial charge in [0.1, 0.15) is 10.3 Å². The Labute approximate surface area is 365 Å². The van der Waals surface area contributed by atoms with Gasteiger partial charge in [-0.1, -0.05) is 133 Å². The molecule has 5 heteroatoms. The van der Waals surface area contributed by atoms with Crippen LogP contribution in [-0.4, -0.2) is 19.1 Å². The number of fused-ring (bicyclic) bond motifs is 15. The van der Waals surface area contributed by atoms with E-state index in [0.717, 1.165) is 54.4 Å². The Morgan fingerprint density at radius 1 is 0.286 bits per heavy atom. The van der Waals surface area contributed by atoms with Gasteiger partial charge in [0.05, 0.1) is 33.1 Å². The minimum absolute atomic E-state index is 0.953. The van der Waals surface area contributed by atoms with Gasteiger partial charge in [0.15, 0.2) is 0 Å². The highest BCUT2D eigenvalue weighted by Gasteiger charge is 2.19. The van der Waals surface area contributed by atoms with Gasteiger partial charge in [0, 0.05) is 53.8 Å². The highest BCUT2D eigenvalue weighted by atomic mass is 32.1. The van der Waals surface area contributed by atoms with Gasteiger partial charge in [-0.2, -0.15) is 0 Å². The Kier molecular flexibility index (Phi) is 7.24. The van der Waals surface area contributed by atoms with Gasteiger partial charge < -0.3 is 9.13 Å². The molecule has 0 bridgehead atoms. The van der Waals surface area contributed by atoms with Crippen LogP contribution in [0, 0.1) is 0 Å². The van der Waals surface area contributed by atoms with Crippen LogP contribution >= 0.6 is 11.3 Å². The van der Waals surface area contributed by atoms with Gasteiger partial charge in [0.25, 0.3) is 0 Å². The molecule has 4 nitrogen and oxygen atoms in total. The third-order valence-corrected chi connectivity index (χ3v) is 14.1. The van der Waals surface area contributed by atoms with Crippen LogP contribution in [0.2, 0.25) is 0 Å². The maximum Gasteiger partial charge on any atom is 0.143 e. The minimum atomic E-state index is 0.953. The average Bonchev–Trinajstić information content (AvgIpc) is 4.00. The number of rotatable bonds is 4. The lowest BCUT2D eigenvalue weighted by atomic mass is 9.99. The van der Waals surface area contributed by atoms with Gasteiger partial charge in [-0.3, -0.25) is 0 Å². The number of hydrogen-bond donors (Lipinski definition) is 0. The van der Waals surface area contributed by atoms with Gasteiger partial charge in [-0.15, -0.1) is 11.3 Å². The monoisotopic (exact) mass is 818 g/mol. The molecule has 0 spiro atoms. The van der Waals surface area contributed by atoms with Gasteiger partial charge in [-0.25, -0.2) is 9.97 Å². The second kappa shape index (κ2) is 13.2. The lowest BCUT2D eigenvalue weighted by Gasteiger charge is -2.11. The number of nitrogens with zero attached hydrogens (tertiary/aromatic N) is 4. The molecule has 10 aromatic carbocycles. The third kappa shape index (κ3) is 5.08. The van der Waals surface area contributed by atoms with Gasteiger partial charge in [-0.05, 0) is 106 Å². The molecule has 14 aromatic rings. The van der Waals surface area contributed by atoms with E-state index in [1.807, 2.05) is 0 Å². The van der Waals surface area contributed by atoms with Crippen molar-refractivity contribution >= 4 is 108 Å². The number of aromatic nitrogens is 4. The van der Waals surface area contributed by atoms with Crippen molar-refractivity contribution in [2.45, 2.75) is 0 Å². The molecule has 292 valence electrons. The zero-order valence-electron chi connectivity index (χ0n) is 33.8. The van der Waals surface area contributed by atoms with Crippen LogP contribution in [0.25, 0.3) is 130 Å². The molecular weight excluding hydrogens is 785 g/mol. The third-order valence-electron chi connectivity index (χ3n) is 13.1. The topological polar surface area (TPSA) is 35.6 Å². The zero-order chi connectivity index (χ0) is 41.2. The predicted molar refractivity (Wildman–Crippen MR) is 267 cm³/mol. The maximum atomic E-state index is 5.42. The SMILES string of the molecule is c1ccc(-n2c3ccccc3c3cc(-c4ccc5c(c4)c4ccccc4n5-c4cccc(-c5ccc6sc7nc8c9ccccc9c9ccccc9c8nc7c6c5)c4)ccc32)cc1. The van der Waals surface area contributed by atoms with Crippen LogP contribution in [0.3, 0.4) is 0 Å². The Bertz CT molecular complexity index is 4210. The smallest absolute Gasteiger partial charge is 0.143 e. The van der Waals surface area contributed by atoms with Crippen molar-refractivity contribution in [3.8, 4) is 33.6 Å². The molecule has 0 saturated carbocycles. The summed E-state index contributed by atoms with van der Waals surface area (Å²) in [6.07, 6.45) is 0. The Morgan fingerprint density at radius 2 is 0.746 bits per heavy atom. The van der Waals surface area contributed by atoms with Crippen LogP contribution in [-0.2, 0) is 0 Å². The summed E-state index contributed by atoms with van der Waals surface area (Å²) in [6, 6.07) is 75.0. The summed E-state index contributed by atoms with van der Waals surface area (Å²) < 4.78 is 5.98. The number of hydrogen-bond acceptors (Lipinski definition) is 3. The van der Waals surface area contributed by atoms with E-state index in [0.29, 0.717) is 0 Å². The highest BCUT2D eigenvalue weighted by molar-refractivity contribution is 7.25. The standard InChI is InChI=1S/C58H34N4S/c1-2-14-39(15-3-1)61-50-23-10-8-19-43(50)47-32-36(25-28-52(47)61)37-26-29-53-48(33-37)44-20-9-11-24-51(44)62(53)40-16-12-13-35(31-40)38-27-30-54-49(34-38)57-58(63-54)60-56-46-22-7-5-18-42(46)41-17-4-6-21-45(41)55(56)59-57/h1-34H. The fraction of sp³-hybridized carbons (Fsp3) is 0. The maximum absolute atomic E-state index is 5.42. The van der Waals surface area contributed by atoms with Crippen LogP contribution < -0.4 is 0 Å². The molecule has 4 aromatic heterocycles. The first kappa shape index (κ1) is 34.6. The van der Waals surface area contributed by atoms with Gasteiger partial charge in [0.2, 0.25) is 0 Å². The van der Waals surface area contributed by atoms with Crippen molar-refractivity contribution < 1.29 is 0 Å². The van der Waals surface area contributed by atoms with Crippen LogP contribution in [0.1, 0.15) is 0 Å². The molecule has 63 heavy (non-hydrogen) atoms. The largest absolute Gasteiger partial charge is 0.309 e. The fourth-order valence-corrected chi connectivity index (χ4v) is 11.2. The van der Waals surface area contributed by atoms with Crippen LogP contribution in [0.5, 0.6) is 0 Å². The normalized spacial score (nSPS) is 12.1. The predicted octanol–water partition coefficient (Wildman–Crippen LogP) is 15.8. The lowest BCUT2D eigenvalue weighted by Crippen LogP contribution is -1.94. The molecule has 0 radical (unpaired) electrons. The van der Waals surface area contributed by atoms with Crippen molar-refractivity contribution in [3.05, 3.63) is 206 Å². The summed E-state index contributed by atoms with van der Waals surface area (Å²) in [5.74, 6) is 0. The zero-order valence-corrected chi connectivity index (χ0v) is 34.6. The van der Waals surface area contributed by atoms with E-state index in [1.54, 1.807) is 11.3 Å². The second-order valence-corrected chi connectivity index (χ2v) is 17.6. The molecule has 0 unspecified atom stereocenters. The molecule has 0 fully saturated rings. The summed E-state index contributed by atoms with van der Waals surface area (Å²) >= 11 is 1.72. The van der Waals surface area contributed by atoms with E-state index in [1.165, 1.54) is 75.9 Å². The molecule has 0 N–H and O–H groups in total. The number of thiophene rings is 1. The van der Waals surface area contributed by atoms with E-state index < -0.39 is 0 Å². The molecule has 4 heterocycles. The van der Waals surface area contributed by atoms with E-state index >= 15 is 0 Å². The molecule has 14 rings (SSSR count). The first-order valence-electron chi connectivity index (χ1n) is 21.4. The van der Waals surface area contributed by atoms with Crippen molar-refractivity contribution in [2.24, 2.45) is 0 Å². The lowest BCUT2D eigenvalue weighted by molar-refractivity contribution is 1.18. The molecule has 0 atom stereocenters. The van der Waals surface area contributed by atoms with E-state index in [4.69, 9.17) is 9.97 Å². The minimum Gasteiger partial charge on any atom is -0.309 e. The Hall–Kier alpha value is -8.12. The Balaban J connectivity index is 0.894. The van der Waals surface area contributed by atoms with Crippen molar-refractivity contribution in [2.75, 3.05) is 0 Å². The van der Waals surface area contributed by atoms with Crippen molar-refractivity contribution in [3.63, 3.8) is 0 Å². The summed E-state index contributed by atoms with van der Waals surface area (Å²) in [5, 5.41) is 10.8. The molecule has 0 aliphatic heterocycles. The molecular formula is C58H34N4S. The summed E-state index contributed by atoms with van der Waals surface area (Å²) in [7, 11) is 0. The van der Waals surface area contributed by atoms with E-state index in [-0.39, 0.29) is 0 Å². The van der Waals surface area contributed by atoms with Crippen LogP contribution in [0.15, 0.2) is 206 Å². The number of para-hydroxylation sites is 3. The molecule has 0 aliphatic rings. The van der Waals surface area contributed by atoms with Crippen molar-refractivity contribution in [1.29, 1.82) is 0 Å². The summed E-state index contributed by atoms with van der Waals surface area (Å²) in [6.45, 7) is 0. The first-order valence-corrected chi connectivity index (χ1v) is 22.2. The average molecular weight is 819 g/mol. The van der Waals surface area contributed by atoms with E-state index in [9.17, 15) is 0 Å². The Morgan fingerprint density at radius 3 is 1.38 bits per heavy atom. The first-order chi connectivity index (χ1) is 31.2. The highest BCUT2D eigenvalue weighted by Crippen LogP contribution is 2.42. The molecule has 0 aliphatic carbocycles. The second-order valence-electron chi connectivity index (χ2n) is 16.5. The quantitative estimate of drug-likeness (QED) is 0.166. The summed E-state index contributed by atoms with van der Waals surface area (Å²) in [5.41, 5.74) is 14.7. The van der Waals surface area contributed by atoms with Crippen molar-refractivity contribution in [1.82, 2.24) is 19.1 Å². The van der Waals surface area contributed by atoms with Gasteiger partial charge >= 0.3 is 0 Å².